The first-order chi connectivity index (χ1) is 13.6. The van der Waals surface area contributed by atoms with Crippen LogP contribution in [-0.2, 0) is 6.42 Å². The molecule has 7 heteroatoms. The van der Waals surface area contributed by atoms with Gasteiger partial charge in [0, 0.05) is 36.7 Å². The maximum absolute atomic E-state index is 12.8. The number of nitrogens with zero attached hydrogens (tertiary/aromatic N) is 4. The number of thiophene rings is 1. The lowest BCUT2D eigenvalue weighted by Crippen LogP contribution is -2.25. The maximum Gasteiger partial charge on any atom is 0.261 e. The number of hydrogen-bond acceptors (Lipinski definition) is 5. The molecule has 0 aliphatic heterocycles. The number of nitrogens with one attached hydrogen (secondary N) is 1. The van der Waals surface area contributed by atoms with E-state index in [0.717, 1.165) is 43.5 Å². The van der Waals surface area contributed by atoms with Crippen molar-refractivity contribution in [1.82, 2.24) is 24.7 Å². The van der Waals surface area contributed by atoms with E-state index < -0.39 is 0 Å². The van der Waals surface area contributed by atoms with Gasteiger partial charge in [0.2, 0.25) is 0 Å². The second kappa shape index (κ2) is 6.67. The number of imidazole rings is 1. The highest BCUT2D eigenvalue weighted by Crippen LogP contribution is 2.40. The SMILES string of the molecule is Cc1nc(C2CC2)nc2sc(C(=O)NCCc3cn4ccccc4n3)c(C)c12. The summed E-state index contributed by atoms with van der Waals surface area (Å²) in [5.41, 5.74) is 3.84. The third kappa shape index (κ3) is 3.05. The van der Waals surface area contributed by atoms with Gasteiger partial charge in [0.05, 0.1) is 16.3 Å². The minimum absolute atomic E-state index is 0.0448. The molecule has 0 bridgehead atoms. The monoisotopic (exact) mass is 391 g/mol. The van der Waals surface area contributed by atoms with Gasteiger partial charge in [0.25, 0.3) is 5.91 Å². The molecule has 1 aliphatic rings. The minimum Gasteiger partial charge on any atom is -0.351 e. The molecular weight excluding hydrogens is 370 g/mol. The average Bonchev–Trinajstić information content (AvgIpc) is 3.36. The van der Waals surface area contributed by atoms with Crippen LogP contribution >= 0.6 is 11.3 Å². The Bertz CT molecular complexity index is 1170. The van der Waals surface area contributed by atoms with Crippen molar-refractivity contribution in [1.29, 1.82) is 0 Å². The fourth-order valence-electron chi connectivity index (χ4n) is 3.59. The van der Waals surface area contributed by atoms with E-state index in [-0.39, 0.29) is 5.91 Å². The zero-order valence-corrected chi connectivity index (χ0v) is 16.7. The highest BCUT2D eigenvalue weighted by Gasteiger charge is 2.28. The molecule has 0 radical (unpaired) electrons. The van der Waals surface area contributed by atoms with Crippen molar-refractivity contribution in [2.45, 2.75) is 39.0 Å². The maximum atomic E-state index is 12.8. The quantitative estimate of drug-likeness (QED) is 0.562. The van der Waals surface area contributed by atoms with Gasteiger partial charge in [0.15, 0.2) is 0 Å². The molecule has 6 nitrogen and oxygen atoms in total. The van der Waals surface area contributed by atoms with Crippen LogP contribution in [0.4, 0.5) is 0 Å². The molecule has 0 aromatic carbocycles. The average molecular weight is 392 g/mol. The Morgan fingerprint density at radius 2 is 2.11 bits per heavy atom. The third-order valence-corrected chi connectivity index (χ3v) is 6.40. The summed E-state index contributed by atoms with van der Waals surface area (Å²) >= 11 is 1.47. The van der Waals surface area contributed by atoms with Crippen molar-refractivity contribution >= 4 is 33.1 Å². The molecule has 0 saturated heterocycles. The van der Waals surface area contributed by atoms with Crippen molar-refractivity contribution in [3.63, 3.8) is 0 Å². The Labute approximate surface area is 166 Å². The normalized spacial score (nSPS) is 14.1. The number of pyridine rings is 1. The summed E-state index contributed by atoms with van der Waals surface area (Å²) in [6.45, 7) is 4.55. The number of rotatable bonds is 5. The van der Waals surface area contributed by atoms with Crippen LogP contribution in [0.1, 0.15) is 51.2 Å². The molecule has 1 saturated carbocycles. The summed E-state index contributed by atoms with van der Waals surface area (Å²) in [7, 11) is 0. The second-order valence-electron chi connectivity index (χ2n) is 7.38. The largest absolute Gasteiger partial charge is 0.351 e. The van der Waals surface area contributed by atoms with Gasteiger partial charge >= 0.3 is 0 Å². The van der Waals surface area contributed by atoms with Crippen LogP contribution in [0, 0.1) is 13.8 Å². The molecule has 142 valence electrons. The molecule has 1 amide bonds. The molecule has 4 heterocycles. The second-order valence-corrected chi connectivity index (χ2v) is 8.38. The highest BCUT2D eigenvalue weighted by molar-refractivity contribution is 7.20. The van der Waals surface area contributed by atoms with E-state index >= 15 is 0 Å². The van der Waals surface area contributed by atoms with E-state index in [2.05, 4.69) is 15.3 Å². The van der Waals surface area contributed by atoms with E-state index in [4.69, 9.17) is 4.98 Å². The summed E-state index contributed by atoms with van der Waals surface area (Å²) in [5.74, 6) is 1.40. The van der Waals surface area contributed by atoms with Gasteiger partial charge in [-0.3, -0.25) is 4.79 Å². The summed E-state index contributed by atoms with van der Waals surface area (Å²) in [6.07, 6.45) is 7.02. The van der Waals surface area contributed by atoms with E-state index in [1.807, 2.05) is 48.8 Å². The first-order valence-electron chi connectivity index (χ1n) is 9.58. The predicted molar refractivity (Wildman–Crippen MR) is 110 cm³/mol. The molecule has 4 aromatic heterocycles. The molecule has 0 spiro atoms. The van der Waals surface area contributed by atoms with Gasteiger partial charge in [-0.15, -0.1) is 11.3 Å². The zero-order chi connectivity index (χ0) is 19.3. The highest BCUT2D eigenvalue weighted by atomic mass is 32.1. The minimum atomic E-state index is -0.0448. The van der Waals surface area contributed by atoms with Crippen LogP contribution in [0.2, 0.25) is 0 Å². The molecule has 0 atom stereocenters. The van der Waals surface area contributed by atoms with Crippen LogP contribution in [-0.4, -0.2) is 31.8 Å². The molecule has 1 aliphatic carbocycles. The third-order valence-electron chi connectivity index (χ3n) is 5.22. The lowest BCUT2D eigenvalue weighted by Gasteiger charge is -2.03. The standard InChI is InChI=1S/C21H21N5OS/c1-12-17-13(2)23-19(14-6-7-14)25-21(17)28-18(12)20(27)22-9-8-15-11-26-10-4-3-5-16(26)24-15/h3-5,10-11,14H,6-9H2,1-2H3,(H,22,27). The molecule has 4 aromatic rings. The predicted octanol–water partition coefficient (Wildman–Crippen LogP) is 3.81. The van der Waals surface area contributed by atoms with Gasteiger partial charge < -0.3 is 9.72 Å². The first kappa shape index (κ1) is 17.3. The molecule has 1 fully saturated rings. The Balaban J connectivity index is 1.32. The van der Waals surface area contributed by atoms with Gasteiger partial charge in [-0.1, -0.05) is 6.07 Å². The molecule has 28 heavy (non-hydrogen) atoms. The molecule has 5 rings (SSSR count). The summed E-state index contributed by atoms with van der Waals surface area (Å²) < 4.78 is 1.99. The van der Waals surface area contributed by atoms with Crippen molar-refractivity contribution in [3.8, 4) is 0 Å². The lowest BCUT2D eigenvalue weighted by atomic mass is 10.1. The van der Waals surface area contributed by atoms with Crippen LogP contribution in [0.25, 0.3) is 15.9 Å². The zero-order valence-electron chi connectivity index (χ0n) is 15.9. The van der Waals surface area contributed by atoms with Crippen molar-refractivity contribution in [2.75, 3.05) is 6.54 Å². The summed E-state index contributed by atoms with van der Waals surface area (Å²) in [5, 5.41) is 4.06. The summed E-state index contributed by atoms with van der Waals surface area (Å²) in [4.78, 5) is 28.4. The molecular formula is C21H21N5OS. The molecule has 0 unspecified atom stereocenters. The number of aryl methyl sites for hydroxylation is 2. The summed E-state index contributed by atoms with van der Waals surface area (Å²) in [6, 6.07) is 5.92. The fourth-order valence-corrected chi connectivity index (χ4v) is 4.75. The van der Waals surface area contributed by atoms with Gasteiger partial charge in [-0.2, -0.15) is 0 Å². The van der Waals surface area contributed by atoms with Crippen molar-refractivity contribution in [2.24, 2.45) is 0 Å². The van der Waals surface area contributed by atoms with Gasteiger partial charge in [0.1, 0.15) is 16.3 Å². The number of fused-ring (bicyclic) bond motifs is 2. The Kier molecular flexibility index (Phi) is 4.12. The Morgan fingerprint density at radius 3 is 2.89 bits per heavy atom. The van der Waals surface area contributed by atoms with E-state index in [1.54, 1.807) is 0 Å². The Hall–Kier alpha value is -2.80. The van der Waals surface area contributed by atoms with E-state index in [1.165, 1.54) is 24.2 Å². The van der Waals surface area contributed by atoms with Crippen molar-refractivity contribution < 1.29 is 4.79 Å². The van der Waals surface area contributed by atoms with E-state index in [9.17, 15) is 4.79 Å². The number of carbonyl (C=O) groups is 1. The lowest BCUT2D eigenvalue weighted by molar-refractivity contribution is 0.0957. The van der Waals surface area contributed by atoms with Crippen molar-refractivity contribution in [3.05, 3.63) is 58.2 Å². The smallest absolute Gasteiger partial charge is 0.261 e. The molecule has 1 N–H and O–H groups in total. The number of hydrogen-bond donors (Lipinski definition) is 1. The first-order valence-corrected chi connectivity index (χ1v) is 10.4. The number of aromatic nitrogens is 4. The number of amides is 1. The van der Waals surface area contributed by atoms with Gasteiger partial charge in [-0.05, 0) is 44.4 Å². The van der Waals surface area contributed by atoms with Crippen LogP contribution in [0.15, 0.2) is 30.6 Å². The van der Waals surface area contributed by atoms with Crippen LogP contribution in [0.3, 0.4) is 0 Å². The van der Waals surface area contributed by atoms with Crippen LogP contribution < -0.4 is 5.32 Å². The topological polar surface area (TPSA) is 72.2 Å². The fraction of sp³-hybridized carbons (Fsp3) is 0.333. The Morgan fingerprint density at radius 1 is 1.25 bits per heavy atom. The number of carbonyl (C=O) groups excluding carboxylic acids is 1. The van der Waals surface area contributed by atoms with Crippen LogP contribution in [0.5, 0.6) is 0 Å². The van der Waals surface area contributed by atoms with E-state index in [0.29, 0.717) is 18.9 Å². The van der Waals surface area contributed by atoms with Gasteiger partial charge in [-0.25, -0.2) is 15.0 Å².